The minimum absolute atomic E-state index is 0.181. The Labute approximate surface area is 144 Å². The molecule has 0 heterocycles. The van der Waals surface area contributed by atoms with Crippen LogP contribution < -0.4 is 5.32 Å². The molecule has 0 aliphatic heterocycles. The Balaban J connectivity index is 1.68. The van der Waals surface area contributed by atoms with Crippen LogP contribution in [-0.2, 0) is 24.1 Å². The van der Waals surface area contributed by atoms with Gasteiger partial charge in [0, 0.05) is 12.5 Å². The topological polar surface area (TPSA) is 29.1 Å². The fraction of sp³-hybridized carbons (Fsp3) is 0.381. The lowest BCUT2D eigenvalue weighted by molar-refractivity contribution is -0.116. The van der Waals surface area contributed by atoms with Crippen LogP contribution in [0.25, 0.3) is 0 Å². The Morgan fingerprint density at radius 2 is 1.58 bits per heavy atom. The highest BCUT2D eigenvalue weighted by atomic mass is 19.1. The molecule has 1 atom stereocenters. The van der Waals surface area contributed by atoms with Gasteiger partial charge in [-0.2, -0.15) is 0 Å². The van der Waals surface area contributed by atoms with E-state index in [-0.39, 0.29) is 11.6 Å². The van der Waals surface area contributed by atoms with Crippen LogP contribution in [0.2, 0.25) is 0 Å². The number of halogens is 1. The fourth-order valence-corrected chi connectivity index (χ4v) is 2.80. The Morgan fingerprint density at radius 3 is 2.21 bits per heavy atom. The molecule has 24 heavy (non-hydrogen) atoms. The van der Waals surface area contributed by atoms with Gasteiger partial charge in [0.2, 0.25) is 0 Å². The predicted molar refractivity (Wildman–Crippen MR) is 96.7 cm³/mol. The van der Waals surface area contributed by atoms with E-state index < -0.39 is 0 Å². The molecule has 1 N–H and O–H groups in total. The van der Waals surface area contributed by atoms with Crippen molar-refractivity contribution in [2.24, 2.45) is 0 Å². The van der Waals surface area contributed by atoms with Gasteiger partial charge in [-0.25, -0.2) is 4.39 Å². The zero-order valence-corrected chi connectivity index (χ0v) is 14.5. The van der Waals surface area contributed by atoms with Crippen molar-refractivity contribution in [2.45, 2.75) is 45.6 Å². The van der Waals surface area contributed by atoms with Gasteiger partial charge in [0.25, 0.3) is 0 Å². The molecule has 0 amide bonds. The molecule has 0 aromatic heterocycles. The number of carbonyl (C=O) groups excluding carboxylic acids is 1. The Kier molecular flexibility index (Phi) is 7.13. The van der Waals surface area contributed by atoms with Gasteiger partial charge in [0.1, 0.15) is 11.6 Å². The van der Waals surface area contributed by atoms with E-state index in [1.807, 2.05) is 24.3 Å². The number of Topliss-reactive ketones (excluding diaryl/α,β-unsaturated/α-hetero) is 1. The van der Waals surface area contributed by atoms with Crippen LogP contribution in [0.5, 0.6) is 0 Å². The lowest BCUT2D eigenvalue weighted by Crippen LogP contribution is -2.29. The first-order valence-corrected chi connectivity index (χ1v) is 8.58. The molecule has 2 nitrogen and oxygen atoms in total. The van der Waals surface area contributed by atoms with E-state index in [1.165, 1.54) is 23.3 Å². The summed E-state index contributed by atoms with van der Waals surface area (Å²) in [7, 11) is 0. The Morgan fingerprint density at radius 1 is 1.00 bits per heavy atom. The van der Waals surface area contributed by atoms with Gasteiger partial charge in [-0.3, -0.25) is 4.79 Å². The zero-order valence-electron chi connectivity index (χ0n) is 14.5. The number of nitrogens with one attached hydrogen (secondary N) is 1. The third-order valence-corrected chi connectivity index (χ3v) is 4.07. The molecule has 0 fully saturated rings. The minimum atomic E-state index is -0.181. The molecule has 2 aromatic rings. The van der Waals surface area contributed by atoms with E-state index >= 15 is 0 Å². The van der Waals surface area contributed by atoms with Crippen molar-refractivity contribution in [1.82, 2.24) is 5.32 Å². The lowest BCUT2D eigenvalue weighted by atomic mass is 10.0. The van der Waals surface area contributed by atoms with E-state index in [0.717, 1.165) is 31.4 Å². The van der Waals surface area contributed by atoms with E-state index in [9.17, 15) is 9.18 Å². The van der Waals surface area contributed by atoms with Crippen molar-refractivity contribution in [2.75, 3.05) is 6.54 Å². The number of carbonyl (C=O) groups is 1. The summed E-state index contributed by atoms with van der Waals surface area (Å²) in [5.41, 5.74) is 3.53. The first-order valence-electron chi connectivity index (χ1n) is 8.58. The quantitative estimate of drug-likeness (QED) is 0.702. The summed E-state index contributed by atoms with van der Waals surface area (Å²) in [6.45, 7) is 4.74. The van der Waals surface area contributed by atoms with Gasteiger partial charge >= 0.3 is 0 Å². The molecule has 2 rings (SSSR count). The first-order chi connectivity index (χ1) is 11.5. The average molecular weight is 327 g/mol. The van der Waals surface area contributed by atoms with Crippen molar-refractivity contribution in [3.8, 4) is 0 Å². The van der Waals surface area contributed by atoms with E-state index in [1.54, 1.807) is 6.92 Å². The molecule has 2 aromatic carbocycles. The molecular weight excluding hydrogens is 301 g/mol. The van der Waals surface area contributed by atoms with E-state index in [2.05, 4.69) is 24.4 Å². The summed E-state index contributed by atoms with van der Waals surface area (Å²) < 4.78 is 12.8. The third kappa shape index (κ3) is 6.63. The SMILES string of the molecule is CC(=O)Cc1ccc(CC(C)NCCCc2ccc(F)cc2)cc1. The summed E-state index contributed by atoms with van der Waals surface area (Å²) in [4.78, 5) is 11.1. The van der Waals surface area contributed by atoms with E-state index in [0.29, 0.717) is 12.5 Å². The van der Waals surface area contributed by atoms with Crippen LogP contribution >= 0.6 is 0 Å². The van der Waals surface area contributed by atoms with Gasteiger partial charge in [0.15, 0.2) is 0 Å². The van der Waals surface area contributed by atoms with Crippen molar-refractivity contribution in [1.29, 1.82) is 0 Å². The van der Waals surface area contributed by atoms with Gasteiger partial charge in [-0.15, -0.1) is 0 Å². The molecule has 1 unspecified atom stereocenters. The van der Waals surface area contributed by atoms with Gasteiger partial charge in [-0.1, -0.05) is 36.4 Å². The molecule has 0 radical (unpaired) electrons. The second-order valence-corrected chi connectivity index (χ2v) is 6.48. The number of aryl methyl sites for hydroxylation is 1. The number of hydrogen-bond acceptors (Lipinski definition) is 2. The molecule has 128 valence electrons. The Bertz CT molecular complexity index is 634. The normalized spacial score (nSPS) is 12.1. The summed E-state index contributed by atoms with van der Waals surface area (Å²) in [5.74, 6) is 0.0127. The van der Waals surface area contributed by atoms with Crippen LogP contribution in [-0.4, -0.2) is 18.4 Å². The Hall–Kier alpha value is -2.00. The predicted octanol–water partition coefficient (Wildman–Crippen LogP) is 4.11. The van der Waals surface area contributed by atoms with Crippen LogP contribution in [0.1, 0.15) is 37.0 Å². The van der Waals surface area contributed by atoms with Gasteiger partial charge in [-0.05, 0) is 68.5 Å². The molecule has 0 bridgehead atoms. The maximum absolute atomic E-state index is 12.8. The summed E-state index contributed by atoms with van der Waals surface area (Å²) in [6.07, 6.45) is 3.47. The average Bonchev–Trinajstić information content (AvgIpc) is 2.55. The summed E-state index contributed by atoms with van der Waals surface area (Å²) >= 11 is 0. The smallest absolute Gasteiger partial charge is 0.134 e. The fourth-order valence-electron chi connectivity index (χ4n) is 2.80. The maximum atomic E-state index is 12.8. The number of rotatable bonds is 9. The second kappa shape index (κ2) is 9.33. The van der Waals surface area contributed by atoms with Crippen LogP contribution in [0, 0.1) is 5.82 Å². The number of ketones is 1. The first kappa shape index (κ1) is 18.3. The van der Waals surface area contributed by atoms with Crippen LogP contribution in [0.3, 0.4) is 0 Å². The number of benzene rings is 2. The molecule has 0 spiro atoms. The molecular formula is C21H26FNO. The maximum Gasteiger partial charge on any atom is 0.134 e. The van der Waals surface area contributed by atoms with Gasteiger partial charge in [0.05, 0.1) is 0 Å². The third-order valence-electron chi connectivity index (χ3n) is 4.07. The van der Waals surface area contributed by atoms with E-state index in [4.69, 9.17) is 0 Å². The zero-order chi connectivity index (χ0) is 17.4. The molecule has 3 heteroatoms. The summed E-state index contributed by atoms with van der Waals surface area (Å²) in [6, 6.07) is 15.4. The van der Waals surface area contributed by atoms with Crippen molar-refractivity contribution in [3.63, 3.8) is 0 Å². The highest BCUT2D eigenvalue weighted by Gasteiger charge is 2.04. The van der Waals surface area contributed by atoms with Gasteiger partial charge < -0.3 is 5.32 Å². The van der Waals surface area contributed by atoms with Crippen molar-refractivity contribution in [3.05, 3.63) is 71.0 Å². The standard InChI is InChI=1S/C21H26FNO/c1-16(14-19-5-7-20(8-6-19)15-17(2)24)23-13-3-4-18-9-11-21(22)12-10-18/h5-12,16,23H,3-4,13-15H2,1-2H3. The minimum Gasteiger partial charge on any atom is -0.314 e. The summed E-state index contributed by atoms with van der Waals surface area (Å²) in [5, 5.41) is 3.53. The van der Waals surface area contributed by atoms with Crippen LogP contribution in [0.15, 0.2) is 48.5 Å². The number of hydrogen-bond donors (Lipinski definition) is 1. The monoisotopic (exact) mass is 327 g/mol. The molecule has 0 aliphatic carbocycles. The van der Waals surface area contributed by atoms with Crippen molar-refractivity contribution < 1.29 is 9.18 Å². The molecule has 0 aliphatic rings. The highest BCUT2D eigenvalue weighted by molar-refractivity contribution is 5.78. The second-order valence-electron chi connectivity index (χ2n) is 6.48. The molecule has 0 saturated carbocycles. The lowest BCUT2D eigenvalue weighted by Gasteiger charge is -2.14. The highest BCUT2D eigenvalue weighted by Crippen LogP contribution is 2.09. The largest absolute Gasteiger partial charge is 0.314 e. The van der Waals surface area contributed by atoms with Crippen LogP contribution in [0.4, 0.5) is 4.39 Å². The van der Waals surface area contributed by atoms with Crippen molar-refractivity contribution >= 4 is 5.78 Å². The molecule has 0 saturated heterocycles.